The summed E-state index contributed by atoms with van der Waals surface area (Å²) in [4.78, 5) is 1.15. The van der Waals surface area contributed by atoms with Gasteiger partial charge in [0.2, 0.25) is 0 Å². The first-order valence-corrected chi connectivity index (χ1v) is 7.00. The number of nitrogen functional groups attached to an aromatic ring is 1. The molecule has 3 aromatic rings. The number of rotatable bonds is 2. The zero-order chi connectivity index (χ0) is 13.4. The van der Waals surface area contributed by atoms with Crippen LogP contribution >= 0.6 is 11.3 Å². The SMILES string of the molecule is Cc1ccc(-c2c(N)n[nH]c2-c2cccs2)c(C)c1. The average molecular weight is 269 g/mol. The van der Waals surface area contributed by atoms with Gasteiger partial charge in [0.25, 0.3) is 0 Å². The summed E-state index contributed by atoms with van der Waals surface area (Å²) in [5, 5.41) is 9.28. The Morgan fingerprint density at radius 1 is 1.21 bits per heavy atom. The number of nitrogens with two attached hydrogens (primary N) is 1. The largest absolute Gasteiger partial charge is 0.382 e. The highest BCUT2D eigenvalue weighted by Crippen LogP contribution is 2.38. The molecule has 1 aromatic carbocycles. The molecule has 0 aliphatic rings. The Morgan fingerprint density at radius 3 is 2.74 bits per heavy atom. The van der Waals surface area contributed by atoms with Gasteiger partial charge in [0.15, 0.2) is 5.82 Å². The van der Waals surface area contributed by atoms with Gasteiger partial charge in [0.1, 0.15) is 0 Å². The normalized spacial score (nSPS) is 10.8. The van der Waals surface area contributed by atoms with Crippen LogP contribution in [0.3, 0.4) is 0 Å². The molecule has 0 bridgehead atoms. The van der Waals surface area contributed by atoms with E-state index in [1.165, 1.54) is 11.1 Å². The van der Waals surface area contributed by atoms with Crippen LogP contribution in [0.25, 0.3) is 21.7 Å². The van der Waals surface area contributed by atoms with Gasteiger partial charge < -0.3 is 5.73 Å². The van der Waals surface area contributed by atoms with Crippen LogP contribution in [-0.4, -0.2) is 10.2 Å². The van der Waals surface area contributed by atoms with Crippen LogP contribution in [0.4, 0.5) is 5.82 Å². The topological polar surface area (TPSA) is 54.7 Å². The number of nitrogens with one attached hydrogen (secondary N) is 1. The summed E-state index contributed by atoms with van der Waals surface area (Å²) in [6.07, 6.45) is 0. The lowest BCUT2D eigenvalue weighted by Crippen LogP contribution is -1.91. The van der Waals surface area contributed by atoms with Crippen molar-refractivity contribution in [3.05, 3.63) is 46.8 Å². The molecular weight excluding hydrogens is 254 g/mol. The van der Waals surface area contributed by atoms with Gasteiger partial charge in [-0.05, 0) is 36.4 Å². The van der Waals surface area contributed by atoms with Gasteiger partial charge in [-0.2, -0.15) is 5.10 Å². The molecule has 0 saturated carbocycles. The van der Waals surface area contributed by atoms with Gasteiger partial charge in [0.05, 0.1) is 16.1 Å². The molecule has 3 N–H and O–H groups in total. The zero-order valence-corrected chi connectivity index (χ0v) is 11.7. The molecule has 0 spiro atoms. The lowest BCUT2D eigenvalue weighted by molar-refractivity contribution is 1.11. The Labute approximate surface area is 116 Å². The molecule has 2 aromatic heterocycles. The van der Waals surface area contributed by atoms with Crippen molar-refractivity contribution < 1.29 is 0 Å². The molecule has 0 unspecified atom stereocenters. The van der Waals surface area contributed by atoms with Gasteiger partial charge in [-0.1, -0.05) is 29.8 Å². The molecule has 0 aliphatic carbocycles. The van der Waals surface area contributed by atoms with Gasteiger partial charge in [-0.3, -0.25) is 5.10 Å². The van der Waals surface area contributed by atoms with Crippen molar-refractivity contribution in [3.8, 4) is 21.7 Å². The molecule has 4 heteroatoms. The highest BCUT2D eigenvalue weighted by molar-refractivity contribution is 7.13. The van der Waals surface area contributed by atoms with Crippen LogP contribution in [0.5, 0.6) is 0 Å². The molecule has 2 heterocycles. The number of aromatic nitrogens is 2. The minimum Gasteiger partial charge on any atom is -0.382 e. The molecule has 19 heavy (non-hydrogen) atoms. The third-order valence-electron chi connectivity index (χ3n) is 3.21. The number of nitrogens with zero attached hydrogens (tertiary/aromatic N) is 1. The first kappa shape index (κ1) is 12.0. The summed E-state index contributed by atoms with van der Waals surface area (Å²) in [5.41, 5.74) is 11.7. The maximum Gasteiger partial charge on any atom is 0.153 e. The van der Waals surface area contributed by atoms with Crippen LogP contribution in [0.15, 0.2) is 35.7 Å². The highest BCUT2D eigenvalue weighted by Gasteiger charge is 2.16. The van der Waals surface area contributed by atoms with Gasteiger partial charge in [-0.25, -0.2) is 0 Å². The average Bonchev–Trinajstić information content (AvgIpc) is 2.99. The van der Waals surface area contributed by atoms with Crippen molar-refractivity contribution in [2.24, 2.45) is 0 Å². The monoisotopic (exact) mass is 269 g/mol. The van der Waals surface area contributed by atoms with Crippen molar-refractivity contribution in [3.63, 3.8) is 0 Å². The Morgan fingerprint density at radius 2 is 2.05 bits per heavy atom. The van der Waals surface area contributed by atoms with Crippen molar-refractivity contribution in [2.45, 2.75) is 13.8 Å². The lowest BCUT2D eigenvalue weighted by Gasteiger charge is -2.08. The number of hydrogen-bond acceptors (Lipinski definition) is 3. The minimum absolute atomic E-state index is 0.551. The fourth-order valence-electron chi connectivity index (χ4n) is 2.32. The van der Waals surface area contributed by atoms with E-state index in [4.69, 9.17) is 5.73 Å². The first-order valence-electron chi connectivity index (χ1n) is 6.12. The summed E-state index contributed by atoms with van der Waals surface area (Å²) < 4.78 is 0. The third-order valence-corrected chi connectivity index (χ3v) is 4.10. The van der Waals surface area contributed by atoms with Crippen molar-refractivity contribution in [1.82, 2.24) is 10.2 Å². The van der Waals surface area contributed by atoms with E-state index >= 15 is 0 Å². The molecule has 0 fully saturated rings. The molecule has 3 rings (SSSR count). The molecular formula is C15H15N3S. The fraction of sp³-hybridized carbons (Fsp3) is 0.133. The van der Waals surface area contributed by atoms with Crippen LogP contribution in [0.2, 0.25) is 0 Å². The maximum absolute atomic E-state index is 6.05. The second-order valence-electron chi connectivity index (χ2n) is 4.65. The van der Waals surface area contributed by atoms with E-state index in [-0.39, 0.29) is 0 Å². The van der Waals surface area contributed by atoms with E-state index < -0.39 is 0 Å². The summed E-state index contributed by atoms with van der Waals surface area (Å²) in [6, 6.07) is 10.5. The molecule has 0 aliphatic heterocycles. The molecule has 96 valence electrons. The number of anilines is 1. The van der Waals surface area contributed by atoms with Gasteiger partial charge in [-0.15, -0.1) is 11.3 Å². The summed E-state index contributed by atoms with van der Waals surface area (Å²) in [6.45, 7) is 4.20. The maximum atomic E-state index is 6.05. The molecule has 0 atom stereocenters. The Hall–Kier alpha value is -2.07. The number of thiophene rings is 1. The van der Waals surface area contributed by atoms with E-state index in [0.717, 1.165) is 21.7 Å². The smallest absolute Gasteiger partial charge is 0.153 e. The molecule has 0 radical (unpaired) electrons. The van der Waals surface area contributed by atoms with E-state index in [1.807, 2.05) is 6.07 Å². The van der Waals surface area contributed by atoms with E-state index in [2.05, 4.69) is 53.7 Å². The number of H-pyrrole nitrogens is 1. The van der Waals surface area contributed by atoms with Crippen molar-refractivity contribution in [1.29, 1.82) is 0 Å². The molecule has 3 nitrogen and oxygen atoms in total. The number of aromatic amines is 1. The summed E-state index contributed by atoms with van der Waals surface area (Å²) >= 11 is 1.68. The second kappa shape index (κ2) is 4.55. The fourth-order valence-corrected chi connectivity index (χ4v) is 3.05. The van der Waals surface area contributed by atoms with E-state index in [1.54, 1.807) is 11.3 Å². The Balaban J connectivity index is 2.22. The van der Waals surface area contributed by atoms with Crippen LogP contribution in [-0.2, 0) is 0 Å². The predicted octanol–water partition coefficient (Wildman–Crippen LogP) is 4.00. The van der Waals surface area contributed by atoms with Crippen molar-refractivity contribution >= 4 is 17.2 Å². The van der Waals surface area contributed by atoms with E-state index in [9.17, 15) is 0 Å². The zero-order valence-electron chi connectivity index (χ0n) is 10.9. The molecule has 0 saturated heterocycles. The van der Waals surface area contributed by atoms with Crippen LogP contribution in [0, 0.1) is 13.8 Å². The number of aryl methyl sites for hydroxylation is 2. The van der Waals surface area contributed by atoms with Crippen molar-refractivity contribution in [2.75, 3.05) is 5.73 Å². The van der Waals surface area contributed by atoms with Gasteiger partial charge in [0, 0.05) is 0 Å². The Kier molecular flexibility index (Phi) is 2.87. The lowest BCUT2D eigenvalue weighted by atomic mass is 9.98. The standard InChI is InChI=1S/C15H15N3S/c1-9-5-6-11(10(2)8-9)13-14(17-18-15(13)16)12-4-3-7-19-12/h3-8H,1-2H3,(H3,16,17,18). The minimum atomic E-state index is 0.551. The first-order chi connectivity index (χ1) is 9.16. The predicted molar refractivity (Wildman–Crippen MR) is 81.2 cm³/mol. The quantitative estimate of drug-likeness (QED) is 0.738. The second-order valence-corrected chi connectivity index (χ2v) is 5.60. The highest BCUT2D eigenvalue weighted by atomic mass is 32.1. The van der Waals surface area contributed by atoms with E-state index in [0.29, 0.717) is 5.82 Å². The third kappa shape index (κ3) is 2.04. The van der Waals surface area contributed by atoms with Crippen LogP contribution < -0.4 is 5.73 Å². The van der Waals surface area contributed by atoms with Gasteiger partial charge >= 0.3 is 0 Å². The Bertz CT molecular complexity index is 711. The number of hydrogen-bond donors (Lipinski definition) is 2. The number of benzene rings is 1. The molecule has 0 amide bonds. The summed E-state index contributed by atoms with van der Waals surface area (Å²) in [7, 11) is 0. The van der Waals surface area contributed by atoms with Crippen LogP contribution in [0.1, 0.15) is 11.1 Å². The summed E-state index contributed by atoms with van der Waals surface area (Å²) in [5.74, 6) is 0.551.